The normalized spacial score (nSPS) is 21.1. The maximum absolute atomic E-state index is 13.2. The Labute approximate surface area is 122 Å². The Kier molecular flexibility index (Phi) is 5.99. The smallest absolute Gasteiger partial charge is 0.123 e. The van der Waals surface area contributed by atoms with Crippen molar-refractivity contribution in [2.75, 3.05) is 19.6 Å². The molecule has 1 aromatic carbocycles. The molecule has 0 aliphatic carbocycles. The van der Waals surface area contributed by atoms with Crippen LogP contribution in [0, 0.1) is 5.82 Å². The molecule has 1 saturated heterocycles. The third-order valence-electron chi connectivity index (χ3n) is 4.32. The number of piperidine rings is 1. The van der Waals surface area contributed by atoms with Crippen molar-refractivity contribution in [3.05, 3.63) is 35.6 Å². The molecule has 2 rings (SSSR count). The van der Waals surface area contributed by atoms with E-state index in [0.29, 0.717) is 12.1 Å². The molecule has 0 bridgehead atoms. The van der Waals surface area contributed by atoms with Gasteiger partial charge in [0.05, 0.1) is 0 Å². The van der Waals surface area contributed by atoms with Crippen molar-refractivity contribution in [1.29, 1.82) is 0 Å². The van der Waals surface area contributed by atoms with Crippen molar-refractivity contribution in [2.45, 2.75) is 51.6 Å². The average Bonchev–Trinajstić information content (AvgIpc) is 2.45. The molecule has 1 fully saturated rings. The predicted molar refractivity (Wildman–Crippen MR) is 82.5 cm³/mol. The summed E-state index contributed by atoms with van der Waals surface area (Å²) in [4.78, 5) is 2.51. The summed E-state index contributed by atoms with van der Waals surface area (Å²) in [6, 6.07) is 8.06. The second-order valence-corrected chi connectivity index (χ2v) is 5.92. The van der Waals surface area contributed by atoms with E-state index in [4.69, 9.17) is 0 Å². The first-order chi connectivity index (χ1) is 9.69. The quantitative estimate of drug-likeness (QED) is 0.859. The van der Waals surface area contributed by atoms with Gasteiger partial charge in [-0.05, 0) is 57.0 Å². The molecule has 2 atom stereocenters. The number of likely N-dealkylation sites (N-methyl/N-ethyl adjacent to an activating group) is 1. The van der Waals surface area contributed by atoms with Crippen molar-refractivity contribution < 1.29 is 4.39 Å². The maximum Gasteiger partial charge on any atom is 0.123 e. The van der Waals surface area contributed by atoms with Crippen molar-refractivity contribution in [3.8, 4) is 0 Å². The first-order valence-corrected chi connectivity index (χ1v) is 7.91. The first-order valence-electron chi connectivity index (χ1n) is 7.91. The molecule has 0 amide bonds. The van der Waals surface area contributed by atoms with Crippen LogP contribution >= 0.6 is 0 Å². The molecule has 1 N–H and O–H groups in total. The predicted octanol–water partition coefficient (Wildman–Crippen LogP) is 3.22. The van der Waals surface area contributed by atoms with Gasteiger partial charge >= 0.3 is 0 Å². The summed E-state index contributed by atoms with van der Waals surface area (Å²) in [5, 5.41) is 3.61. The van der Waals surface area contributed by atoms with Crippen LogP contribution in [0.1, 0.15) is 38.7 Å². The molecular formula is C17H27FN2. The second kappa shape index (κ2) is 7.75. The fourth-order valence-corrected chi connectivity index (χ4v) is 3.12. The summed E-state index contributed by atoms with van der Waals surface area (Å²) in [5.74, 6) is -0.133. The maximum atomic E-state index is 13.2. The summed E-state index contributed by atoms with van der Waals surface area (Å²) < 4.78 is 13.2. The molecule has 1 aliphatic heterocycles. The highest BCUT2D eigenvalue weighted by atomic mass is 19.1. The lowest BCUT2D eigenvalue weighted by molar-refractivity contribution is 0.182. The topological polar surface area (TPSA) is 15.3 Å². The lowest BCUT2D eigenvalue weighted by atomic mass is 10.0. The third kappa shape index (κ3) is 4.57. The van der Waals surface area contributed by atoms with E-state index >= 15 is 0 Å². The molecule has 20 heavy (non-hydrogen) atoms. The third-order valence-corrected chi connectivity index (χ3v) is 4.32. The summed E-state index contributed by atoms with van der Waals surface area (Å²) in [6.45, 7) is 7.77. The minimum Gasteiger partial charge on any atom is -0.313 e. The van der Waals surface area contributed by atoms with Gasteiger partial charge in [-0.15, -0.1) is 0 Å². The van der Waals surface area contributed by atoms with Crippen LogP contribution in [0.25, 0.3) is 0 Å². The Bertz CT molecular complexity index is 402. The number of halogens is 1. The summed E-state index contributed by atoms with van der Waals surface area (Å²) in [6.07, 6.45) is 4.84. The van der Waals surface area contributed by atoms with Gasteiger partial charge in [0.1, 0.15) is 5.82 Å². The molecule has 0 aromatic heterocycles. The molecule has 0 spiro atoms. The van der Waals surface area contributed by atoms with Crippen molar-refractivity contribution >= 4 is 0 Å². The van der Waals surface area contributed by atoms with E-state index in [1.165, 1.54) is 25.3 Å². The van der Waals surface area contributed by atoms with E-state index in [1.807, 2.05) is 6.07 Å². The molecule has 2 unspecified atom stereocenters. The molecule has 1 heterocycles. The van der Waals surface area contributed by atoms with Gasteiger partial charge in [0.25, 0.3) is 0 Å². The van der Waals surface area contributed by atoms with E-state index in [1.54, 1.807) is 12.1 Å². The van der Waals surface area contributed by atoms with Crippen LogP contribution in [0.15, 0.2) is 24.3 Å². The van der Waals surface area contributed by atoms with Crippen LogP contribution in [0.5, 0.6) is 0 Å². The zero-order valence-electron chi connectivity index (χ0n) is 12.7. The number of hydrogen-bond acceptors (Lipinski definition) is 2. The Balaban J connectivity index is 1.89. The van der Waals surface area contributed by atoms with E-state index in [-0.39, 0.29) is 5.82 Å². The standard InChI is InChI=1S/C17H27FN2/c1-3-20(13-17-9-4-5-10-19-17)14(2)11-15-7-6-8-16(18)12-15/h6-8,12,14,17,19H,3-5,9-11,13H2,1-2H3. The number of hydrogen-bond donors (Lipinski definition) is 1. The second-order valence-electron chi connectivity index (χ2n) is 5.92. The highest BCUT2D eigenvalue weighted by Gasteiger charge is 2.19. The molecule has 1 aliphatic rings. The minimum absolute atomic E-state index is 0.133. The highest BCUT2D eigenvalue weighted by Crippen LogP contribution is 2.14. The molecule has 2 nitrogen and oxygen atoms in total. The van der Waals surface area contributed by atoms with Gasteiger partial charge in [-0.3, -0.25) is 4.90 Å². The average molecular weight is 278 g/mol. The number of nitrogens with zero attached hydrogens (tertiary/aromatic N) is 1. The molecule has 0 saturated carbocycles. The first kappa shape index (κ1) is 15.5. The van der Waals surface area contributed by atoms with Gasteiger partial charge in [-0.1, -0.05) is 25.5 Å². The summed E-state index contributed by atoms with van der Waals surface area (Å²) >= 11 is 0. The Morgan fingerprint density at radius 2 is 2.25 bits per heavy atom. The van der Waals surface area contributed by atoms with Gasteiger partial charge < -0.3 is 5.32 Å². The molecule has 112 valence electrons. The molecule has 1 aromatic rings. The van der Waals surface area contributed by atoms with E-state index in [9.17, 15) is 4.39 Å². The van der Waals surface area contributed by atoms with Gasteiger partial charge in [0.15, 0.2) is 0 Å². The monoisotopic (exact) mass is 278 g/mol. The van der Waals surface area contributed by atoms with Gasteiger partial charge in [0, 0.05) is 18.6 Å². The highest BCUT2D eigenvalue weighted by molar-refractivity contribution is 5.17. The van der Waals surface area contributed by atoms with Crippen LogP contribution in [0.4, 0.5) is 4.39 Å². The molecule has 3 heteroatoms. The summed E-state index contributed by atoms with van der Waals surface area (Å²) in [7, 11) is 0. The Morgan fingerprint density at radius 3 is 2.90 bits per heavy atom. The number of rotatable bonds is 6. The van der Waals surface area contributed by atoms with Gasteiger partial charge in [-0.25, -0.2) is 4.39 Å². The zero-order valence-corrected chi connectivity index (χ0v) is 12.7. The minimum atomic E-state index is -0.133. The van der Waals surface area contributed by atoms with Gasteiger partial charge in [-0.2, -0.15) is 0 Å². The van der Waals surface area contributed by atoms with Gasteiger partial charge in [0.2, 0.25) is 0 Å². The van der Waals surface area contributed by atoms with Crippen molar-refractivity contribution in [1.82, 2.24) is 10.2 Å². The lowest BCUT2D eigenvalue weighted by Crippen LogP contribution is -2.47. The largest absolute Gasteiger partial charge is 0.313 e. The van der Waals surface area contributed by atoms with Crippen LogP contribution in [-0.2, 0) is 6.42 Å². The van der Waals surface area contributed by atoms with E-state index < -0.39 is 0 Å². The fraction of sp³-hybridized carbons (Fsp3) is 0.647. The Hall–Kier alpha value is -0.930. The number of benzene rings is 1. The Morgan fingerprint density at radius 1 is 1.40 bits per heavy atom. The van der Waals surface area contributed by atoms with E-state index in [2.05, 4.69) is 24.1 Å². The summed E-state index contributed by atoms with van der Waals surface area (Å²) in [5.41, 5.74) is 1.09. The molecular weight excluding hydrogens is 251 g/mol. The van der Waals surface area contributed by atoms with Crippen LogP contribution < -0.4 is 5.32 Å². The van der Waals surface area contributed by atoms with Crippen LogP contribution in [0.2, 0.25) is 0 Å². The fourth-order valence-electron chi connectivity index (χ4n) is 3.12. The van der Waals surface area contributed by atoms with Crippen molar-refractivity contribution in [3.63, 3.8) is 0 Å². The molecule has 0 radical (unpaired) electrons. The van der Waals surface area contributed by atoms with Crippen LogP contribution in [-0.4, -0.2) is 36.6 Å². The number of nitrogens with one attached hydrogen (secondary N) is 1. The SMILES string of the molecule is CCN(CC1CCCCN1)C(C)Cc1cccc(F)c1. The van der Waals surface area contributed by atoms with Crippen LogP contribution in [0.3, 0.4) is 0 Å². The van der Waals surface area contributed by atoms with Crippen molar-refractivity contribution in [2.24, 2.45) is 0 Å². The van der Waals surface area contributed by atoms with E-state index in [0.717, 1.165) is 31.6 Å². The zero-order chi connectivity index (χ0) is 14.4. The lowest BCUT2D eigenvalue weighted by Gasteiger charge is -2.34.